The highest BCUT2D eigenvalue weighted by Crippen LogP contribution is 2.35. The zero-order valence-corrected chi connectivity index (χ0v) is 15.7. The fourth-order valence-electron chi connectivity index (χ4n) is 3.59. The van der Waals surface area contributed by atoms with Crippen molar-refractivity contribution < 1.29 is 9.50 Å². The molecule has 29 heavy (non-hydrogen) atoms. The van der Waals surface area contributed by atoms with Crippen molar-refractivity contribution in [2.24, 2.45) is 0 Å². The summed E-state index contributed by atoms with van der Waals surface area (Å²) in [5.74, 6) is 0.451. The van der Waals surface area contributed by atoms with Crippen LogP contribution in [0.1, 0.15) is 24.5 Å². The van der Waals surface area contributed by atoms with Gasteiger partial charge in [0.2, 0.25) is 0 Å². The van der Waals surface area contributed by atoms with Gasteiger partial charge in [-0.3, -0.25) is 0 Å². The summed E-state index contributed by atoms with van der Waals surface area (Å²) in [6.45, 7) is 0.374. The Kier molecular flexibility index (Phi) is 4.44. The molecule has 1 fully saturated rings. The first-order valence-electron chi connectivity index (χ1n) is 9.65. The van der Waals surface area contributed by atoms with Crippen molar-refractivity contribution in [2.75, 3.05) is 11.4 Å². The van der Waals surface area contributed by atoms with Gasteiger partial charge in [-0.1, -0.05) is 30.3 Å². The summed E-state index contributed by atoms with van der Waals surface area (Å²) in [5, 5.41) is 16.1. The third-order valence-electron chi connectivity index (χ3n) is 5.23. The number of para-hydroxylation sites is 1. The summed E-state index contributed by atoms with van der Waals surface area (Å²) < 4.78 is 15.0. The quantitative estimate of drug-likeness (QED) is 0.545. The lowest BCUT2D eigenvalue weighted by atomic mass is 10.1. The summed E-state index contributed by atoms with van der Waals surface area (Å²) in [7, 11) is 0. The maximum absolute atomic E-state index is 13.2. The molecule has 0 aliphatic heterocycles. The molecule has 0 amide bonds. The molecule has 4 aromatic rings. The van der Waals surface area contributed by atoms with Gasteiger partial charge < -0.3 is 10.0 Å². The number of aliphatic hydroxyl groups excluding tert-OH is 1. The van der Waals surface area contributed by atoms with Gasteiger partial charge in [0.05, 0.1) is 23.4 Å². The van der Waals surface area contributed by atoms with E-state index in [1.165, 1.54) is 12.1 Å². The van der Waals surface area contributed by atoms with E-state index in [4.69, 9.17) is 0 Å². The Bertz CT molecular complexity index is 1130. The van der Waals surface area contributed by atoms with Gasteiger partial charge in [0.15, 0.2) is 5.65 Å². The minimum absolute atomic E-state index is 0.314. The van der Waals surface area contributed by atoms with Crippen LogP contribution in [-0.2, 0) is 0 Å². The van der Waals surface area contributed by atoms with Crippen molar-refractivity contribution in [3.63, 3.8) is 0 Å². The molecule has 1 aliphatic carbocycles. The first-order chi connectivity index (χ1) is 14.2. The van der Waals surface area contributed by atoms with Crippen LogP contribution in [0.5, 0.6) is 0 Å². The molecule has 0 radical (unpaired) electrons. The molecule has 146 valence electrons. The molecular weight excluding hydrogens is 369 g/mol. The van der Waals surface area contributed by atoms with Gasteiger partial charge in [0.25, 0.3) is 0 Å². The minimum atomic E-state index is -0.745. The molecule has 1 aliphatic rings. The summed E-state index contributed by atoms with van der Waals surface area (Å²) in [6, 6.07) is 16.1. The zero-order valence-electron chi connectivity index (χ0n) is 15.7. The minimum Gasteiger partial charge on any atom is -0.387 e. The highest BCUT2D eigenvalue weighted by Gasteiger charge is 2.33. The number of rotatable bonds is 6. The second kappa shape index (κ2) is 7.25. The second-order valence-corrected chi connectivity index (χ2v) is 7.28. The Balaban J connectivity index is 1.50. The van der Waals surface area contributed by atoms with Gasteiger partial charge in [-0.2, -0.15) is 5.10 Å². The number of anilines is 1. The van der Waals surface area contributed by atoms with E-state index in [0.717, 1.165) is 35.4 Å². The predicted octanol–water partition coefficient (Wildman–Crippen LogP) is 3.66. The van der Waals surface area contributed by atoms with E-state index in [1.807, 2.05) is 30.3 Å². The molecule has 5 rings (SSSR count). The SMILES string of the molecule is OC(CN(c1ncnc2c1cnn2-c1ccccc1)C1CC1)c1ccc(F)cc1. The van der Waals surface area contributed by atoms with Gasteiger partial charge in [0, 0.05) is 12.6 Å². The molecule has 6 nitrogen and oxygen atoms in total. The first kappa shape index (κ1) is 17.8. The third kappa shape index (κ3) is 3.45. The van der Waals surface area contributed by atoms with Crippen molar-refractivity contribution in [1.29, 1.82) is 0 Å². The van der Waals surface area contributed by atoms with Gasteiger partial charge >= 0.3 is 0 Å². The van der Waals surface area contributed by atoms with Gasteiger partial charge in [0.1, 0.15) is 18.0 Å². The smallest absolute Gasteiger partial charge is 0.168 e. The zero-order chi connectivity index (χ0) is 19.8. The molecule has 2 heterocycles. The topological polar surface area (TPSA) is 67.1 Å². The molecule has 0 bridgehead atoms. The number of hydrogen-bond acceptors (Lipinski definition) is 5. The van der Waals surface area contributed by atoms with Crippen LogP contribution in [0, 0.1) is 5.82 Å². The Morgan fingerprint density at radius 2 is 1.83 bits per heavy atom. The predicted molar refractivity (Wildman–Crippen MR) is 108 cm³/mol. The van der Waals surface area contributed by atoms with Crippen molar-refractivity contribution in [1.82, 2.24) is 19.7 Å². The maximum atomic E-state index is 13.2. The lowest BCUT2D eigenvalue weighted by Gasteiger charge is -2.26. The summed E-state index contributed by atoms with van der Waals surface area (Å²) in [6.07, 6.45) is 4.67. The van der Waals surface area contributed by atoms with Gasteiger partial charge in [-0.15, -0.1) is 0 Å². The van der Waals surface area contributed by atoms with E-state index in [-0.39, 0.29) is 5.82 Å². The van der Waals surface area contributed by atoms with Crippen molar-refractivity contribution in [3.05, 3.63) is 78.5 Å². The number of aliphatic hydroxyl groups is 1. The van der Waals surface area contributed by atoms with Gasteiger partial charge in [-0.05, 0) is 42.7 Å². The second-order valence-electron chi connectivity index (χ2n) is 7.28. The fraction of sp³-hybridized carbons (Fsp3) is 0.227. The Labute approximate surface area is 167 Å². The van der Waals surface area contributed by atoms with E-state index in [0.29, 0.717) is 18.2 Å². The molecule has 2 aromatic carbocycles. The fourth-order valence-corrected chi connectivity index (χ4v) is 3.59. The standard InChI is InChI=1S/C22H20FN5O/c23-16-8-6-15(7-9-16)20(29)13-27(17-10-11-17)21-19-12-26-28(22(19)25-14-24-21)18-4-2-1-3-5-18/h1-9,12,14,17,20,29H,10-11,13H2. The monoisotopic (exact) mass is 389 g/mol. The number of benzene rings is 2. The molecule has 1 saturated carbocycles. The highest BCUT2D eigenvalue weighted by atomic mass is 19.1. The van der Waals surface area contributed by atoms with E-state index in [9.17, 15) is 9.50 Å². The van der Waals surface area contributed by atoms with Crippen LogP contribution in [0.15, 0.2) is 67.1 Å². The van der Waals surface area contributed by atoms with Crippen LogP contribution in [0.3, 0.4) is 0 Å². The first-order valence-corrected chi connectivity index (χ1v) is 9.65. The average molecular weight is 389 g/mol. The van der Waals surface area contributed by atoms with Crippen LogP contribution in [0.25, 0.3) is 16.7 Å². The molecule has 1 N–H and O–H groups in total. The van der Waals surface area contributed by atoms with Crippen molar-refractivity contribution >= 4 is 16.9 Å². The Morgan fingerprint density at radius 1 is 1.07 bits per heavy atom. The van der Waals surface area contributed by atoms with Crippen LogP contribution < -0.4 is 4.90 Å². The van der Waals surface area contributed by atoms with Gasteiger partial charge in [-0.25, -0.2) is 19.0 Å². The van der Waals surface area contributed by atoms with Crippen LogP contribution in [0.4, 0.5) is 10.2 Å². The van der Waals surface area contributed by atoms with Crippen LogP contribution in [0.2, 0.25) is 0 Å². The lowest BCUT2D eigenvalue weighted by Crippen LogP contribution is -2.31. The van der Waals surface area contributed by atoms with Crippen molar-refractivity contribution in [3.8, 4) is 5.69 Å². The third-order valence-corrected chi connectivity index (χ3v) is 5.23. The largest absolute Gasteiger partial charge is 0.387 e. The van der Waals surface area contributed by atoms with Crippen LogP contribution in [-0.4, -0.2) is 37.4 Å². The molecule has 0 saturated heterocycles. The average Bonchev–Trinajstić information content (AvgIpc) is 3.50. The molecule has 7 heteroatoms. The van der Waals surface area contributed by atoms with E-state index in [2.05, 4.69) is 20.0 Å². The molecular formula is C22H20FN5O. The van der Waals surface area contributed by atoms with E-state index >= 15 is 0 Å². The molecule has 1 atom stereocenters. The van der Waals surface area contributed by atoms with E-state index in [1.54, 1.807) is 29.3 Å². The highest BCUT2D eigenvalue weighted by molar-refractivity contribution is 5.88. The summed E-state index contributed by atoms with van der Waals surface area (Å²) in [4.78, 5) is 11.1. The Morgan fingerprint density at radius 3 is 2.55 bits per heavy atom. The number of fused-ring (bicyclic) bond motifs is 1. The normalized spacial score (nSPS) is 14.8. The number of halogens is 1. The van der Waals surface area contributed by atoms with Crippen molar-refractivity contribution in [2.45, 2.75) is 25.0 Å². The summed E-state index contributed by atoms with van der Waals surface area (Å²) in [5.41, 5.74) is 2.34. The maximum Gasteiger partial charge on any atom is 0.168 e. The number of aromatic nitrogens is 4. The molecule has 0 spiro atoms. The Hall–Kier alpha value is -3.32. The van der Waals surface area contributed by atoms with Crippen LogP contribution >= 0.6 is 0 Å². The summed E-state index contributed by atoms with van der Waals surface area (Å²) >= 11 is 0. The molecule has 1 unspecified atom stereocenters. The lowest BCUT2D eigenvalue weighted by molar-refractivity contribution is 0.182. The number of nitrogens with zero attached hydrogens (tertiary/aromatic N) is 5. The van der Waals surface area contributed by atoms with E-state index < -0.39 is 6.10 Å². The molecule has 2 aromatic heterocycles. The number of hydrogen-bond donors (Lipinski definition) is 1.